The van der Waals surface area contributed by atoms with Crippen LogP contribution >= 0.6 is 11.8 Å². The number of nitrogens with zero attached hydrogens (tertiary/aromatic N) is 1. The maximum absolute atomic E-state index is 12.8. The van der Waals surface area contributed by atoms with Crippen LogP contribution in [0.25, 0.3) is 0 Å². The van der Waals surface area contributed by atoms with E-state index in [0.29, 0.717) is 22.8 Å². The fourth-order valence-electron chi connectivity index (χ4n) is 3.83. The minimum Gasteiger partial charge on any atom is -0.497 e. The van der Waals surface area contributed by atoms with Crippen LogP contribution in [0.1, 0.15) is 40.2 Å². The zero-order chi connectivity index (χ0) is 22.5. The van der Waals surface area contributed by atoms with Crippen LogP contribution in [-0.2, 0) is 11.2 Å². The van der Waals surface area contributed by atoms with Crippen molar-refractivity contribution in [1.29, 1.82) is 0 Å². The van der Waals surface area contributed by atoms with Crippen LogP contribution in [0.5, 0.6) is 5.75 Å². The number of nitrogens with one attached hydrogen (secondary N) is 1. The average Bonchev–Trinajstić information content (AvgIpc) is 3.21. The van der Waals surface area contributed by atoms with Crippen molar-refractivity contribution in [3.63, 3.8) is 0 Å². The number of aryl methyl sites for hydroxylation is 1. The van der Waals surface area contributed by atoms with Crippen LogP contribution in [0, 0.1) is 0 Å². The summed E-state index contributed by atoms with van der Waals surface area (Å²) in [6.07, 6.45) is 1.97. The first-order valence-corrected chi connectivity index (χ1v) is 11.7. The molecule has 0 unspecified atom stereocenters. The van der Waals surface area contributed by atoms with Crippen LogP contribution in [0.15, 0.2) is 72.8 Å². The van der Waals surface area contributed by atoms with Crippen LogP contribution in [0.2, 0.25) is 0 Å². The van der Waals surface area contributed by atoms with E-state index in [2.05, 4.69) is 18.3 Å². The highest BCUT2D eigenvalue weighted by molar-refractivity contribution is 8.00. The standard InChI is InChI=1S/C26H26N2O3S/c1-3-6-18-7-4-5-8-23(18)28-24(29)17-32-26(28)20-9-13-21(14-10-20)27-25(30)19-11-15-22(31-2)16-12-19/h4-5,7-16,26H,3,6,17H2,1-2H3,(H,27,30)/t26-/m0/s1. The van der Waals surface area contributed by atoms with E-state index < -0.39 is 0 Å². The second-order valence-corrected chi connectivity index (χ2v) is 8.68. The van der Waals surface area contributed by atoms with Crippen molar-refractivity contribution in [3.8, 4) is 5.75 Å². The van der Waals surface area contributed by atoms with E-state index in [-0.39, 0.29) is 17.2 Å². The highest BCUT2D eigenvalue weighted by Gasteiger charge is 2.34. The number of ether oxygens (including phenoxy) is 1. The smallest absolute Gasteiger partial charge is 0.255 e. The molecular formula is C26H26N2O3S. The number of hydrogen-bond acceptors (Lipinski definition) is 4. The van der Waals surface area contributed by atoms with Crippen LogP contribution < -0.4 is 15.0 Å². The Hall–Kier alpha value is -3.25. The Morgan fingerprint density at radius 2 is 1.78 bits per heavy atom. The molecule has 1 saturated heterocycles. The Morgan fingerprint density at radius 3 is 2.47 bits per heavy atom. The summed E-state index contributed by atoms with van der Waals surface area (Å²) < 4.78 is 5.14. The summed E-state index contributed by atoms with van der Waals surface area (Å²) in [6, 6.07) is 22.9. The molecule has 0 aliphatic carbocycles. The van der Waals surface area contributed by atoms with Crippen molar-refractivity contribution in [1.82, 2.24) is 0 Å². The van der Waals surface area contributed by atoms with Gasteiger partial charge in [-0.3, -0.25) is 14.5 Å². The van der Waals surface area contributed by atoms with Gasteiger partial charge in [0.2, 0.25) is 5.91 Å². The molecule has 1 aliphatic rings. The Bertz CT molecular complexity index is 1100. The lowest BCUT2D eigenvalue weighted by Gasteiger charge is -2.26. The summed E-state index contributed by atoms with van der Waals surface area (Å²) in [4.78, 5) is 27.2. The molecule has 1 fully saturated rings. The normalized spacial score (nSPS) is 15.6. The van der Waals surface area contributed by atoms with Gasteiger partial charge in [0, 0.05) is 16.9 Å². The molecule has 0 bridgehead atoms. The molecule has 3 aromatic carbocycles. The average molecular weight is 447 g/mol. The molecule has 0 saturated carbocycles. The number of amides is 2. The molecule has 1 aliphatic heterocycles. The molecule has 1 heterocycles. The van der Waals surface area contributed by atoms with E-state index in [0.717, 1.165) is 24.1 Å². The second-order valence-electron chi connectivity index (χ2n) is 7.61. The van der Waals surface area contributed by atoms with Crippen LogP contribution in [0.4, 0.5) is 11.4 Å². The van der Waals surface area contributed by atoms with Gasteiger partial charge in [-0.2, -0.15) is 0 Å². The lowest BCUT2D eigenvalue weighted by Crippen LogP contribution is -2.28. The van der Waals surface area contributed by atoms with Gasteiger partial charge in [-0.05, 0) is 60.0 Å². The molecule has 2 amide bonds. The minimum absolute atomic E-state index is 0.0770. The maximum atomic E-state index is 12.8. The Balaban J connectivity index is 1.51. The third-order valence-electron chi connectivity index (χ3n) is 5.44. The highest BCUT2D eigenvalue weighted by Crippen LogP contribution is 2.43. The summed E-state index contributed by atoms with van der Waals surface area (Å²) in [5, 5.41) is 2.85. The molecule has 32 heavy (non-hydrogen) atoms. The predicted octanol–water partition coefficient (Wildman–Crippen LogP) is 5.68. The summed E-state index contributed by atoms with van der Waals surface area (Å²) in [5.41, 5.74) is 4.49. The fourth-order valence-corrected chi connectivity index (χ4v) is 5.00. The first-order valence-electron chi connectivity index (χ1n) is 10.7. The van der Waals surface area contributed by atoms with E-state index >= 15 is 0 Å². The van der Waals surface area contributed by atoms with Gasteiger partial charge in [-0.15, -0.1) is 11.8 Å². The van der Waals surface area contributed by atoms with Gasteiger partial charge in [-0.1, -0.05) is 43.7 Å². The third-order valence-corrected chi connectivity index (χ3v) is 6.66. The summed E-state index contributed by atoms with van der Waals surface area (Å²) in [5.74, 6) is 1.11. The summed E-state index contributed by atoms with van der Waals surface area (Å²) in [7, 11) is 1.59. The largest absolute Gasteiger partial charge is 0.497 e. The molecule has 0 radical (unpaired) electrons. The van der Waals surface area contributed by atoms with Gasteiger partial charge in [-0.25, -0.2) is 0 Å². The lowest BCUT2D eigenvalue weighted by atomic mass is 10.1. The highest BCUT2D eigenvalue weighted by atomic mass is 32.2. The molecule has 1 atom stereocenters. The first-order chi connectivity index (χ1) is 15.6. The molecule has 1 N–H and O–H groups in total. The topological polar surface area (TPSA) is 58.6 Å². The van der Waals surface area contributed by atoms with Crippen LogP contribution in [0.3, 0.4) is 0 Å². The fraction of sp³-hybridized carbons (Fsp3) is 0.231. The maximum Gasteiger partial charge on any atom is 0.255 e. The van der Waals surface area contributed by atoms with E-state index in [1.54, 1.807) is 43.1 Å². The van der Waals surface area contributed by atoms with Crippen molar-refractivity contribution < 1.29 is 14.3 Å². The minimum atomic E-state index is -0.180. The number of thioether (sulfide) groups is 1. The van der Waals surface area contributed by atoms with Gasteiger partial charge < -0.3 is 10.1 Å². The van der Waals surface area contributed by atoms with E-state index in [4.69, 9.17) is 4.74 Å². The number of rotatable bonds is 7. The Labute approximate surface area is 192 Å². The number of benzene rings is 3. The summed E-state index contributed by atoms with van der Waals surface area (Å²) >= 11 is 1.63. The zero-order valence-corrected chi connectivity index (χ0v) is 19.0. The van der Waals surface area contributed by atoms with E-state index in [1.165, 1.54) is 5.56 Å². The van der Waals surface area contributed by atoms with Gasteiger partial charge in [0.1, 0.15) is 11.1 Å². The van der Waals surface area contributed by atoms with Crippen molar-refractivity contribution >= 4 is 35.0 Å². The van der Waals surface area contributed by atoms with Crippen LogP contribution in [-0.4, -0.2) is 24.7 Å². The van der Waals surface area contributed by atoms with E-state index in [1.807, 2.05) is 47.4 Å². The molecule has 5 nitrogen and oxygen atoms in total. The second kappa shape index (κ2) is 9.92. The molecule has 0 spiro atoms. The Morgan fingerprint density at radius 1 is 1.06 bits per heavy atom. The summed E-state index contributed by atoms with van der Waals surface area (Å²) in [6.45, 7) is 2.15. The predicted molar refractivity (Wildman–Crippen MR) is 131 cm³/mol. The molecule has 4 rings (SSSR count). The van der Waals surface area contributed by atoms with Gasteiger partial charge in [0.05, 0.1) is 12.9 Å². The molecule has 3 aromatic rings. The van der Waals surface area contributed by atoms with Gasteiger partial charge >= 0.3 is 0 Å². The lowest BCUT2D eigenvalue weighted by molar-refractivity contribution is -0.115. The monoisotopic (exact) mass is 446 g/mol. The van der Waals surface area contributed by atoms with Gasteiger partial charge in [0.15, 0.2) is 0 Å². The molecular weight excluding hydrogens is 420 g/mol. The number of anilines is 2. The molecule has 6 heteroatoms. The zero-order valence-electron chi connectivity index (χ0n) is 18.2. The number of hydrogen-bond donors (Lipinski definition) is 1. The first kappa shape index (κ1) is 22.0. The van der Waals surface area contributed by atoms with Crippen molar-refractivity contribution in [2.75, 3.05) is 23.1 Å². The Kier molecular flexibility index (Phi) is 6.81. The number of methoxy groups -OCH3 is 1. The molecule has 164 valence electrons. The van der Waals surface area contributed by atoms with Crippen molar-refractivity contribution in [3.05, 3.63) is 89.5 Å². The quantitative estimate of drug-likeness (QED) is 0.507. The number of carbonyl (C=O) groups excluding carboxylic acids is 2. The van der Waals surface area contributed by atoms with Gasteiger partial charge in [0.25, 0.3) is 5.91 Å². The third kappa shape index (κ3) is 4.65. The van der Waals surface area contributed by atoms with Crippen molar-refractivity contribution in [2.24, 2.45) is 0 Å². The number of para-hydroxylation sites is 1. The SMILES string of the molecule is CCCc1ccccc1N1C(=O)CS[C@H]1c1ccc(NC(=O)c2ccc(OC)cc2)cc1. The van der Waals surface area contributed by atoms with E-state index in [9.17, 15) is 9.59 Å². The molecule has 0 aromatic heterocycles. The van der Waals surface area contributed by atoms with Crippen molar-refractivity contribution in [2.45, 2.75) is 25.1 Å². The number of carbonyl (C=O) groups is 2.